The predicted molar refractivity (Wildman–Crippen MR) is 89.9 cm³/mol. The third-order valence-corrected chi connectivity index (χ3v) is 3.72. The Kier molecular flexibility index (Phi) is 4.14. The second-order valence-electron chi connectivity index (χ2n) is 5.17. The summed E-state index contributed by atoms with van der Waals surface area (Å²) in [6, 6.07) is 11.4. The van der Waals surface area contributed by atoms with Crippen molar-refractivity contribution < 1.29 is 14.5 Å². The van der Waals surface area contributed by atoms with Crippen LogP contribution in [0.2, 0.25) is 5.02 Å². The van der Waals surface area contributed by atoms with Crippen molar-refractivity contribution >= 4 is 35.2 Å². The van der Waals surface area contributed by atoms with Gasteiger partial charge >= 0.3 is 5.97 Å². The van der Waals surface area contributed by atoms with E-state index in [1.807, 2.05) is 31.2 Å². The highest BCUT2D eigenvalue weighted by Gasteiger charge is 2.27. The Morgan fingerprint density at radius 1 is 1.21 bits per heavy atom. The maximum absolute atomic E-state index is 12.0. The number of cyclic esters (lactones) is 1. The predicted octanol–water partition coefficient (Wildman–Crippen LogP) is 3.90. The van der Waals surface area contributed by atoms with Gasteiger partial charge in [0, 0.05) is 12.1 Å². The van der Waals surface area contributed by atoms with Crippen LogP contribution < -0.4 is 0 Å². The summed E-state index contributed by atoms with van der Waals surface area (Å²) in [5.41, 5.74) is 2.04. The number of esters is 1. The van der Waals surface area contributed by atoms with Crippen molar-refractivity contribution in [1.29, 1.82) is 0 Å². The number of ether oxygens (including phenoxy) is 1. The molecule has 0 spiro atoms. The lowest BCUT2D eigenvalue weighted by molar-refractivity contribution is -0.384. The van der Waals surface area contributed by atoms with E-state index in [0.717, 1.165) is 11.1 Å². The highest BCUT2D eigenvalue weighted by molar-refractivity contribution is 6.34. The molecule has 0 saturated carbocycles. The Hall–Kier alpha value is -2.99. The van der Waals surface area contributed by atoms with Gasteiger partial charge in [0.25, 0.3) is 5.69 Å². The van der Waals surface area contributed by atoms with Crippen LogP contribution in [0.1, 0.15) is 16.7 Å². The molecule has 7 heteroatoms. The molecule has 2 aromatic rings. The molecule has 24 heavy (non-hydrogen) atoms. The number of nitro benzene ring substituents is 1. The van der Waals surface area contributed by atoms with E-state index < -0.39 is 10.9 Å². The molecule has 1 aliphatic heterocycles. The molecule has 0 saturated heterocycles. The molecule has 0 radical (unpaired) electrons. The fourth-order valence-electron chi connectivity index (χ4n) is 2.14. The molecule has 1 aliphatic rings. The molecule has 2 aromatic carbocycles. The number of carbonyl (C=O) groups is 1. The van der Waals surface area contributed by atoms with Gasteiger partial charge in [-0.05, 0) is 24.6 Å². The molecular formula is C17H11ClN2O4. The van der Waals surface area contributed by atoms with Gasteiger partial charge in [-0.3, -0.25) is 10.1 Å². The Labute approximate surface area is 142 Å². The van der Waals surface area contributed by atoms with Gasteiger partial charge in [0.2, 0.25) is 5.90 Å². The van der Waals surface area contributed by atoms with Crippen LogP contribution in [-0.4, -0.2) is 16.8 Å². The van der Waals surface area contributed by atoms with Crippen molar-refractivity contribution in [2.24, 2.45) is 4.99 Å². The SMILES string of the molecule is Cc1ccc(C=C2N=C(c3cc([N+](=O)[O-])ccc3Cl)OC2=O)cc1. The lowest BCUT2D eigenvalue weighted by Gasteiger charge is -2.02. The lowest BCUT2D eigenvalue weighted by Crippen LogP contribution is -2.06. The van der Waals surface area contributed by atoms with Gasteiger partial charge in [-0.1, -0.05) is 41.4 Å². The van der Waals surface area contributed by atoms with Crippen molar-refractivity contribution in [2.45, 2.75) is 6.92 Å². The third-order valence-electron chi connectivity index (χ3n) is 3.39. The minimum Gasteiger partial charge on any atom is -0.402 e. The van der Waals surface area contributed by atoms with E-state index in [1.54, 1.807) is 6.08 Å². The maximum Gasteiger partial charge on any atom is 0.363 e. The number of aliphatic imine (C=N–C) groups is 1. The van der Waals surface area contributed by atoms with E-state index in [0.29, 0.717) is 0 Å². The summed E-state index contributed by atoms with van der Waals surface area (Å²) >= 11 is 6.04. The van der Waals surface area contributed by atoms with E-state index in [9.17, 15) is 14.9 Å². The number of aryl methyl sites for hydroxylation is 1. The van der Waals surface area contributed by atoms with E-state index in [2.05, 4.69) is 4.99 Å². The molecule has 0 amide bonds. The van der Waals surface area contributed by atoms with Gasteiger partial charge in [0.15, 0.2) is 5.70 Å². The van der Waals surface area contributed by atoms with Crippen molar-refractivity contribution in [2.75, 3.05) is 0 Å². The first-order valence-electron chi connectivity index (χ1n) is 6.97. The molecule has 0 aromatic heterocycles. The molecule has 0 N–H and O–H groups in total. The van der Waals surface area contributed by atoms with Crippen LogP contribution in [0.5, 0.6) is 0 Å². The van der Waals surface area contributed by atoms with Crippen molar-refractivity contribution in [3.8, 4) is 0 Å². The number of rotatable bonds is 3. The Bertz CT molecular complexity index is 901. The van der Waals surface area contributed by atoms with Crippen LogP contribution >= 0.6 is 11.6 Å². The molecule has 3 rings (SSSR count). The first-order valence-corrected chi connectivity index (χ1v) is 7.35. The number of halogens is 1. The quantitative estimate of drug-likeness (QED) is 0.366. The smallest absolute Gasteiger partial charge is 0.363 e. The summed E-state index contributed by atoms with van der Waals surface area (Å²) in [6.45, 7) is 1.96. The van der Waals surface area contributed by atoms with Crippen LogP contribution in [0.4, 0.5) is 5.69 Å². The molecule has 0 aliphatic carbocycles. The number of nitrogens with zero attached hydrogens (tertiary/aromatic N) is 2. The average Bonchev–Trinajstić information content (AvgIpc) is 2.90. The molecular weight excluding hydrogens is 332 g/mol. The van der Waals surface area contributed by atoms with Gasteiger partial charge in [-0.15, -0.1) is 0 Å². The fraction of sp³-hybridized carbons (Fsp3) is 0.0588. The van der Waals surface area contributed by atoms with E-state index in [4.69, 9.17) is 16.3 Å². The topological polar surface area (TPSA) is 81.8 Å². The van der Waals surface area contributed by atoms with E-state index in [-0.39, 0.29) is 27.9 Å². The van der Waals surface area contributed by atoms with Crippen LogP contribution in [-0.2, 0) is 9.53 Å². The highest BCUT2D eigenvalue weighted by Crippen LogP contribution is 2.27. The molecule has 0 unspecified atom stereocenters. The monoisotopic (exact) mass is 342 g/mol. The van der Waals surface area contributed by atoms with Crippen LogP contribution in [0, 0.1) is 17.0 Å². The average molecular weight is 343 g/mol. The molecule has 0 atom stereocenters. The van der Waals surface area contributed by atoms with Crippen molar-refractivity contribution in [3.05, 3.63) is 80.0 Å². The fourth-order valence-corrected chi connectivity index (χ4v) is 2.33. The van der Waals surface area contributed by atoms with Crippen molar-refractivity contribution in [1.82, 2.24) is 0 Å². The minimum atomic E-state index is -0.631. The largest absolute Gasteiger partial charge is 0.402 e. The lowest BCUT2D eigenvalue weighted by atomic mass is 10.1. The zero-order valence-corrected chi connectivity index (χ0v) is 13.3. The number of benzene rings is 2. The van der Waals surface area contributed by atoms with Gasteiger partial charge in [0.1, 0.15) is 0 Å². The Morgan fingerprint density at radius 2 is 1.92 bits per heavy atom. The second kappa shape index (κ2) is 6.25. The number of nitro groups is 1. The highest BCUT2D eigenvalue weighted by atomic mass is 35.5. The molecule has 0 bridgehead atoms. The van der Waals surface area contributed by atoms with Crippen molar-refractivity contribution in [3.63, 3.8) is 0 Å². The summed E-state index contributed by atoms with van der Waals surface area (Å²) in [5, 5.41) is 11.1. The summed E-state index contributed by atoms with van der Waals surface area (Å²) in [6.07, 6.45) is 1.58. The molecule has 6 nitrogen and oxygen atoms in total. The number of non-ortho nitro benzene ring substituents is 1. The standard InChI is InChI=1S/C17H11ClN2O4/c1-10-2-4-11(5-3-10)8-15-17(21)24-16(19-15)13-9-12(20(22)23)6-7-14(13)18/h2-9H,1H3. The summed E-state index contributed by atoms with van der Waals surface area (Å²) in [7, 11) is 0. The maximum atomic E-state index is 12.0. The van der Waals surface area contributed by atoms with Crippen LogP contribution in [0.15, 0.2) is 53.2 Å². The van der Waals surface area contributed by atoms with E-state index >= 15 is 0 Å². The van der Waals surface area contributed by atoms with Gasteiger partial charge < -0.3 is 4.74 Å². The van der Waals surface area contributed by atoms with Crippen LogP contribution in [0.25, 0.3) is 6.08 Å². The van der Waals surface area contributed by atoms with Gasteiger partial charge in [0.05, 0.1) is 15.5 Å². The first kappa shape index (κ1) is 15.9. The third kappa shape index (κ3) is 3.18. The molecule has 0 fully saturated rings. The van der Waals surface area contributed by atoms with Gasteiger partial charge in [-0.2, -0.15) is 0 Å². The molecule has 120 valence electrons. The molecule has 1 heterocycles. The van der Waals surface area contributed by atoms with Crippen LogP contribution in [0.3, 0.4) is 0 Å². The zero-order chi connectivity index (χ0) is 17.3. The zero-order valence-electron chi connectivity index (χ0n) is 12.5. The van der Waals surface area contributed by atoms with Gasteiger partial charge in [-0.25, -0.2) is 9.79 Å². The number of carbonyl (C=O) groups excluding carboxylic acids is 1. The van der Waals surface area contributed by atoms with E-state index in [1.165, 1.54) is 18.2 Å². The summed E-state index contributed by atoms with van der Waals surface area (Å²) < 4.78 is 5.11. The summed E-state index contributed by atoms with van der Waals surface area (Å²) in [5.74, 6) is -0.680. The normalized spacial score (nSPS) is 15.3. The second-order valence-corrected chi connectivity index (χ2v) is 5.58. The Morgan fingerprint density at radius 3 is 2.58 bits per heavy atom. The minimum absolute atomic E-state index is 0.0490. The Balaban J connectivity index is 1.99. The first-order chi connectivity index (χ1) is 11.4. The number of hydrogen-bond donors (Lipinski definition) is 0. The number of hydrogen-bond acceptors (Lipinski definition) is 5. The summed E-state index contributed by atoms with van der Waals surface area (Å²) in [4.78, 5) is 26.4.